The third kappa shape index (κ3) is 11.1. The molecule has 172 valence electrons. The van der Waals surface area contributed by atoms with E-state index in [4.69, 9.17) is 18.9 Å². The van der Waals surface area contributed by atoms with Crippen LogP contribution in [-0.4, -0.2) is 74.8 Å². The summed E-state index contributed by atoms with van der Waals surface area (Å²) >= 11 is 0. The van der Waals surface area contributed by atoms with Gasteiger partial charge in [0.25, 0.3) is 0 Å². The number of ether oxygens (including phenoxy) is 4. The monoisotopic (exact) mass is 416 g/mol. The predicted octanol–water partition coefficient (Wildman–Crippen LogP) is 3.32. The first-order valence-corrected chi connectivity index (χ1v) is 11.8. The maximum Gasteiger partial charge on any atom is 0.104 e. The van der Waals surface area contributed by atoms with Gasteiger partial charge in [-0.25, -0.2) is 0 Å². The van der Waals surface area contributed by atoms with Crippen molar-refractivity contribution in [3.63, 3.8) is 0 Å². The maximum atomic E-state index is 10.3. The number of hydrogen-bond donors (Lipinski definition) is 2. The quantitative estimate of drug-likeness (QED) is 0.503. The normalized spacial score (nSPS) is 26.3. The van der Waals surface area contributed by atoms with E-state index in [1.54, 1.807) is 7.11 Å². The molecule has 6 nitrogen and oxygen atoms in total. The van der Waals surface area contributed by atoms with Gasteiger partial charge in [0.05, 0.1) is 51.3 Å². The highest BCUT2D eigenvalue weighted by Gasteiger charge is 2.24. The zero-order valence-electron chi connectivity index (χ0n) is 18.6. The molecular weight excluding hydrogens is 372 g/mol. The summed E-state index contributed by atoms with van der Waals surface area (Å²) in [5.74, 6) is 0.745. The molecule has 4 unspecified atom stereocenters. The van der Waals surface area contributed by atoms with Gasteiger partial charge in [-0.3, -0.25) is 0 Å². The molecule has 3 aliphatic rings. The van der Waals surface area contributed by atoms with E-state index in [1.807, 2.05) is 0 Å². The standard InChI is InChI=1S/C20H38O5.C3H6O/c1-23-12-18(25-15-20(22)17-10-6-3-7-11-17)13-24-14-19(21)16-8-4-2-5-9-16;1-3-2-4-3/h16-22H,2-15H2,1H3;3H,2H2,1H3. The first-order chi connectivity index (χ1) is 14.1. The van der Waals surface area contributed by atoms with E-state index >= 15 is 0 Å². The van der Waals surface area contributed by atoms with Crippen molar-refractivity contribution >= 4 is 0 Å². The van der Waals surface area contributed by atoms with E-state index in [2.05, 4.69) is 6.92 Å². The fourth-order valence-electron chi connectivity index (χ4n) is 4.29. The van der Waals surface area contributed by atoms with Crippen molar-refractivity contribution < 1.29 is 29.2 Å². The molecule has 1 heterocycles. The molecule has 1 aliphatic heterocycles. The van der Waals surface area contributed by atoms with E-state index in [-0.39, 0.29) is 12.2 Å². The molecule has 1 saturated heterocycles. The minimum absolute atomic E-state index is 0.193. The van der Waals surface area contributed by atoms with Crippen LogP contribution in [0.4, 0.5) is 0 Å². The smallest absolute Gasteiger partial charge is 0.104 e. The number of rotatable bonds is 11. The van der Waals surface area contributed by atoms with E-state index < -0.39 is 6.10 Å². The fourth-order valence-corrected chi connectivity index (χ4v) is 4.29. The molecule has 0 radical (unpaired) electrons. The van der Waals surface area contributed by atoms with Crippen LogP contribution in [0.2, 0.25) is 0 Å². The van der Waals surface area contributed by atoms with Crippen LogP contribution in [-0.2, 0) is 18.9 Å². The molecule has 0 aromatic carbocycles. The minimum atomic E-state index is -0.396. The van der Waals surface area contributed by atoms with E-state index in [9.17, 15) is 10.2 Å². The summed E-state index contributed by atoms with van der Waals surface area (Å²) in [4.78, 5) is 0. The predicted molar refractivity (Wildman–Crippen MR) is 113 cm³/mol. The second kappa shape index (κ2) is 14.7. The third-order valence-electron chi connectivity index (χ3n) is 6.34. The highest BCUT2D eigenvalue weighted by atomic mass is 16.6. The van der Waals surface area contributed by atoms with Crippen molar-refractivity contribution in [3.8, 4) is 0 Å². The van der Waals surface area contributed by atoms with Crippen LogP contribution in [0.1, 0.15) is 71.1 Å². The van der Waals surface area contributed by atoms with Crippen molar-refractivity contribution in [2.24, 2.45) is 11.8 Å². The Hall–Kier alpha value is -0.240. The van der Waals surface area contributed by atoms with Crippen LogP contribution in [0.15, 0.2) is 0 Å². The number of aliphatic hydroxyl groups excluding tert-OH is 2. The summed E-state index contributed by atoms with van der Waals surface area (Å²) in [6.07, 6.45) is 11.5. The summed E-state index contributed by atoms with van der Waals surface area (Å²) in [5, 5.41) is 20.6. The zero-order valence-corrected chi connectivity index (χ0v) is 18.6. The van der Waals surface area contributed by atoms with Gasteiger partial charge in [0, 0.05) is 7.11 Å². The summed E-state index contributed by atoms with van der Waals surface area (Å²) < 4.78 is 21.5. The number of aliphatic hydroxyl groups is 2. The van der Waals surface area contributed by atoms with Gasteiger partial charge in [-0.1, -0.05) is 38.5 Å². The molecule has 3 rings (SSSR count). The van der Waals surface area contributed by atoms with Gasteiger partial charge in [-0.05, 0) is 44.4 Å². The van der Waals surface area contributed by atoms with Crippen LogP contribution in [0.5, 0.6) is 0 Å². The lowest BCUT2D eigenvalue weighted by Crippen LogP contribution is -2.34. The number of epoxide rings is 1. The molecular formula is C23H44O6. The van der Waals surface area contributed by atoms with Gasteiger partial charge < -0.3 is 29.2 Å². The zero-order chi connectivity index (χ0) is 20.9. The van der Waals surface area contributed by atoms with Gasteiger partial charge >= 0.3 is 0 Å². The summed E-state index contributed by atoms with van der Waals surface area (Å²) in [6, 6.07) is 0. The molecule has 2 aliphatic carbocycles. The highest BCUT2D eigenvalue weighted by molar-refractivity contribution is 4.74. The molecule has 0 aromatic rings. The topological polar surface area (TPSA) is 80.7 Å². The lowest BCUT2D eigenvalue weighted by atomic mass is 9.85. The Morgan fingerprint density at radius 1 is 0.793 bits per heavy atom. The minimum Gasteiger partial charge on any atom is -0.390 e. The Morgan fingerprint density at radius 2 is 1.28 bits per heavy atom. The molecule has 0 spiro atoms. The van der Waals surface area contributed by atoms with Crippen LogP contribution < -0.4 is 0 Å². The number of hydrogen-bond acceptors (Lipinski definition) is 6. The Balaban J connectivity index is 0.000000666. The van der Waals surface area contributed by atoms with E-state index in [0.717, 1.165) is 32.3 Å². The molecule has 2 N–H and O–H groups in total. The van der Waals surface area contributed by atoms with E-state index in [0.29, 0.717) is 44.4 Å². The van der Waals surface area contributed by atoms with Crippen LogP contribution in [0.3, 0.4) is 0 Å². The second-order valence-electron chi connectivity index (χ2n) is 9.02. The largest absolute Gasteiger partial charge is 0.390 e. The van der Waals surface area contributed by atoms with Gasteiger partial charge in [0.15, 0.2) is 0 Å². The van der Waals surface area contributed by atoms with Crippen molar-refractivity contribution in [1.29, 1.82) is 0 Å². The van der Waals surface area contributed by atoms with E-state index in [1.165, 1.54) is 38.5 Å². The van der Waals surface area contributed by atoms with Crippen molar-refractivity contribution in [1.82, 2.24) is 0 Å². The Bertz CT molecular complexity index is 391. The number of methoxy groups -OCH3 is 1. The molecule has 0 amide bonds. The summed E-state index contributed by atoms with van der Waals surface area (Å²) in [6.45, 7) is 4.58. The van der Waals surface area contributed by atoms with Crippen LogP contribution >= 0.6 is 0 Å². The van der Waals surface area contributed by atoms with Crippen LogP contribution in [0, 0.1) is 11.8 Å². The Labute approximate surface area is 177 Å². The average Bonchev–Trinajstić information content (AvgIpc) is 3.55. The van der Waals surface area contributed by atoms with Gasteiger partial charge in [-0.2, -0.15) is 0 Å². The van der Waals surface area contributed by atoms with Crippen molar-refractivity contribution in [2.45, 2.75) is 95.5 Å². The highest BCUT2D eigenvalue weighted by Crippen LogP contribution is 2.27. The summed E-state index contributed by atoms with van der Waals surface area (Å²) in [5.41, 5.74) is 0. The molecule has 4 atom stereocenters. The first-order valence-electron chi connectivity index (χ1n) is 11.8. The fraction of sp³-hybridized carbons (Fsp3) is 1.00. The Morgan fingerprint density at radius 3 is 1.72 bits per heavy atom. The van der Waals surface area contributed by atoms with Crippen LogP contribution in [0.25, 0.3) is 0 Å². The molecule has 3 fully saturated rings. The lowest BCUT2D eigenvalue weighted by Gasteiger charge is -2.28. The first kappa shape index (κ1) is 25.0. The van der Waals surface area contributed by atoms with Crippen molar-refractivity contribution in [2.75, 3.05) is 40.1 Å². The van der Waals surface area contributed by atoms with Crippen molar-refractivity contribution in [3.05, 3.63) is 0 Å². The SMILES string of the molecule is CC1CO1.COCC(COCC(O)C1CCCCC1)OCC(O)C1CCCCC1. The van der Waals surface area contributed by atoms with Gasteiger partial charge in [0.1, 0.15) is 6.10 Å². The second-order valence-corrected chi connectivity index (χ2v) is 9.02. The Kier molecular flexibility index (Phi) is 12.7. The molecule has 0 bridgehead atoms. The maximum absolute atomic E-state index is 10.3. The molecule has 29 heavy (non-hydrogen) atoms. The third-order valence-corrected chi connectivity index (χ3v) is 6.34. The van der Waals surface area contributed by atoms with Gasteiger partial charge in [-0.15, -0.1) is 0 Å². The average molecular weight is 417 g/mol. The molecule has 2 saturated carbocycles. The molecule has 6 heteroatoms. The molecule has 0 aromatic heterocycles. The summed E-state index contributed by atoms with van der Waals surface area (Å²) in [7, 11) is 1.64. The van der Waals surface area contributed by atoms with Gasteiger partial charge in [0.2, 0.25) is 0 Å². The lowest BCUT2D eigenvalue weighted by molar-refractivity contribution is -0.0983.